The van der Waals surface area contributed by atoms with E-state index in [2.05, 4.69) is 47.7 Å². The Labute approximate surface area is 155 Å². The molecule has 0 aliphatic carbocycles. The van der Waals surface area contributed by atoms with E-state index in [-0.39, 0.29) is 0 Å². The maximum atomic E-state index is 2.48. The lowest BCUT2D eigenvalue weighted by atomic mass is 9.64. The molecule has 0 aromatic rings. The molecule has 24 heavy (non-hydrogen) atoms. The Kier molecular flexibility index (Phi) is 16.2. The molecule has 1 heteroatoms. The van der Waals surface area contributed by atoms with E-state index in [9.17, 15) is 0 Å². The third kappa shape index (κ3) is 18.1. The van der Waals surface area contributed by atoms with Crippen LogP contribution in [-0.4, -0.2) is 7.85 Å². The van der Waals surface area contributed by atoms with E-state index in [1.807, 2.05) is 0 Å². The molecule has 0 spiro atoms. The van der Waals surface area contributed by atoms with E-state index < -0.39 is 0 Å². The highest BCUT2D eigenvalue weighted by atomic mass is 14.2. The van der Waals surface area contributed by atoms with Gasteiger partial charge in [-0.05, 0) is 25.7 Å². The summed E-state index contributed by atoms with van der Waals surface area (Å²) < 4.78 is 0. The first-order chi connectivity index (χ1) is 11.5. The van der Waals surface area contributed by atoms with Gasteiger partial charge in [0.25, 0.3) is 0 Å². The Morgan fingerprint density at radius 1 is 0.750 bits per heavy atom. The molecular weight excluding hydrogens is 287 g/mol. The predicted octanol–water partition coefficient (Wildman–Crippen LogP) is 7.88. The van der Waals surface area contributed by atoms with E-state index >= 15 is 0 Å². The molecule has 1 unspecified atom stereocenters. The zero-order valence-corrected chi connectivity index (χ0v) is 17.8. The molecule has 0 aliphatic heterocycles. The Balaban J connectivity index is 3.37. The SMILES string of the molecule is BC(C)(CCCCCC/C=C\C)CCCCCCCCCC(C)C. The topological polar surface area (TPSA) is 0 Å². The molecule has 0 aromatic carbocycles. The predicted molar refractivity (Wildman–Crippen MR) is 116 cm³/mol. The van der Waals surface area contributed by atoms with E-state index in [1.54, 1.807) is 0 Å². The van der Waals surface area contributed by atoms with Crippen molar-refractivity contribution in [1.82, 2.24) is 0 Å². The Hall–Kier alpha value is -0.195. The van der Waals surface area contributed by atoms with Crippen LogP contribution in [0.4, 0.5) is 0 Å². The molecule has 0 bridgehead atoms. The van der Waals surface area contributed by atoms with Gasteiger partial charge in [-0.15, -0.1) is 0 Å². The van der Waals surface area contributed by atoms with Crippen LogP contribution < -0.4 is 0 Å². The van der Waals surface area contributed by atoms with Gasteiger partial charge in [-0.3, -0.25) is 0 Å². The molecule has 0 radical (unpaired) electrons. The van der Waals surface area contributed by atoms with Gasteiger partial charge in [-0.25, -0.2) is 0 Å². The average molecular weight is 334 g/mol. The van der Waals surface area contributed by atoms with Gasteiger partial charge in [0.2, 0.25) is 0 Å². The van der Waals surface area contributed by atoms with E-state index in [1.165, 1.54) is 96.3 Å². The van der Waals surface area contributed by atoms with E-state index in [4.69, 9.17) is 0 Å². The van der Waals surface area contributed by atoms with E-state index in [0.29, 0.717) is 5.31 Å². The van der Waals surface area contributed by atoms with Crippen molar-refractivity contribution in [2.24, 2.45) is 5.92 Å². The van der Waals surface area contributed by atoms with Gasteiger partial charge in [-0.2, -0.15) is 0 Å². The van der Waals surface area contributed by atoms with Gasteiger partial charge in [0.1, 0.15) is 7.85 Å². The second kappa shape index (κ2) is 16.3. The summed E-state index contributed by atoms with van der Waals surface area (Å²) in [6, 6.07) is 0. The van der Waals surface area contributed by atoms with Crippen molar-refractivity contribution in [3.05, 3.63) is 12.2 Å². The van der Waals surface area contributed by atoms with Crippen LogP contribution in [0.25, 0.3) is 0 Å². The summed E-state index contributed by atoms with van der Waals surface area (Å²) in [5.41, 5.74) is 0. The lowest BCUT2D eigenvalue weighted by Gasteiger charge is -2.24. The lowest BCUT2D eigenvalue weighted by Crippen LogP contribution is -2.08. The van der Waals surface area contributed by atoms with Gasteiger partial charge in [0.05, 0.1) is 0 Å². The highest BCUT2D eigenvalue weighted by molar-refractivity contribution is 6.14. The summed E-state index contributed by atoms with van der Waals surface area (Å²) >= 11 is 0. The smallest absolute Gasteiger partial charge is 0.0917 e. The molecule has 0 aliphatic rings. The molecule has 0 saturated carbocycles. The van der Waals surface area contributed by atoms with Crippen LogP contribution in [0.15, 0.2) is 12.2 Å². The maximum Gasteiger partial charge on any atom is 0.109 e. The van der Waals surface area contributed by atoms with Crippen LogP contribution >= 0.6 is 0 Å². The minimum Gasteiger partial charge on any atom is -0.0917 e. The summed E-state index contributed by atoms with van der Waals surface area (Å²) in [6.07, 6.45) is 25.9. The van der Waals surface area contributed by atoms with Crippen molar-refractivity contribution < 1.29 is 0 Å². The third-order valence-corrected chi connectivity index (χ3v) is 5.35. The second-order valence-electron chi connectivity index (χ2n) is 9.09. The van der Waals surface area contributed by atoms with Crippen molar-refractivity contribution in [3.63, 3.8) is 0 Å². The van der Waals surface area contributed by atoms with Gasteiger partial charge in [0.15, 0.2) is 0 Å². The molecule has 0 nitrogen and oxygen atoms in total. The third-order valence-electron chi connectivity index (χ3n) is 5.35. The Bertz CT molecular complexity index is 278. The van der Waals surface area contributed by atoms with Gasteiger partial charge >= 0.3 is 0 Å². The fraction of sp³-hybridized carbons (Fsp3) is 0.913. The van der Waals surface area contributed by atoms with Gasteiger partial charge < -0.3 is 0 Å². The fourth-order valence-electron chi connectivity index (χ4n) is 3.55. The van der Waals surface area contributed by atoms with Crippen LogP contribution in [0, 0.1) is 5.92 Å². The lowest BCUT2D eigenvalue weighted by molar-refractivity contribution is 0.448. The number of hydrogen-bond donors (Lipinski definition) is 0. The zero-order valence-electron chi connectivity index (χ0n) is 17.8. The molecule has 0 rings (SSSR count). The highest BCUT2D eigenvalue weighted by Gasteiger charge is 2.16. The second-order valence-corrected chi connectivity index (χ2v) is 9.09. The monoisotopic (exact) mass is 334 g/mol. The number of rotatable bonds is 17. The van der Waals surface area contributed by atoms with Crippen molar-refractivity contribution >= 4 is 7.85 Å². The molecule has 0 heterocycles. The quantitative estimate of drug-likeness (QED) is 0.144. The average Bonchev–Trinajstić information content (AvgIpc) is 2.52. The van der Waals surface area contributed by atoms with Crippen LogP contribution in [0.2, 0.25) is 5.31 Å². The first kappa shape index (κ1) is 23.8. The van der Waals surface area contributed by atoms with Crippen LogP contribution in [0.1, 0.15) is 124 Å². The normalized spacial score (nSPS) is 14.5. The number of hydrogen-bond acceptors (Lipinski definition) is 0. The molecule has 142 valence electrons. The van der Waals surface area contributed by atoms with Crippen LogP contribution in [0.3, 0.4) is 0 Å². The maximum absolute atomic E-state index is 2.48. The summed E-state index contributed by atoms with van der Waals surface area (Å²) in [6.45, 7) is 9.28. The Morgan fingerprint density at radius 3 is 1.71 bits per heavy atom. The number of unbranched alkanes of at least 4 members (excludes halogenated alkanes) is 10. The summed E-state index contributed by atoms with van der Waals surface area (Å²) in [4.78, 5) is 0. The minimum atomic E-state index is 0.570. The molecule has 0 aromatic heterocycles. The molecule has 0 saturated heterocycles. The van der Waals surface area contributed by atoms with Crippen molar-refractivity contribution in [2.45, 2.75) is 129 Å². The highest BCUT2D eigenvalue weighted by Crippen LogP contribution is 2.34. The van der Waals surface area contributed by atoms with Crippen molar-refractivity contribution in [2.75, 3.05) is 0 Å². The molecule has 0 N–H and O–H groups in total. The standard InChI is InChI=1S/C23H47B/c1-5-6-7-8-11-14-17-20-23(4,24)21-18-15-12-9-10-13-16-19-22(2)3/h5-6,22H,7-21,24H2,1-4H3/b6-5-. The van der Waals surface area contributed by atoms with Crippen LogP contribution in [-0.2, 0) is 0 Å². The van der Waals surface area contributed by atoms with Gasteiger partial charge in [-0.1, -0.05) is 122 Å². The first-order valence-electron chi connectivity index (χ1n) is 11.1. The minimum absolute atomic E-state index is 0.570. The molecule has 1 atom stereocenters. The summed E-state index contributed by atoms with van der Waals surface area (Å²) in [5.74, 6) is 0.889. The summed E-state index contributed by atoms with van der Waals surface area (Å²) in [5, 5.41) is 0.570. The number of allylic oxidation sites excluding steroid dienone is 2. The zero-order chi connectivity index (χ0) is 18.1. The fourth-order valence-corrected chi connectivity index (χ4v) is 3.55. The van der Waals surface area contributed by atoms with Gasteiger partial charge in [0, 0.05) is 0 Å². The molecule has 0 amide bonds. The molecule has 0 fully saturated rings. The van der Waals surface area contributed by atoms with Crippen LogP contribution in [0.5, 0.6) is 0 Å². The van der Waals surface area contributed by atoms with Crippen molar-refractivity contribution in [3.8, 4) is 0 Å². The van der Waals surface area contributed by atoms with E-state index in [0.717, 1.165) is 5.92 Å². The summed E-state index contributed by atoms with van der Waals surface area (Å²) in [7, 11) is 2.48. The van der Waals surface area contributed by atoms with Crippen molar-refractivity contribution in [1.29, 1.82) is 0 Å². The Morgan fingerprint density at radius 2 is 1.21 bits per heavy atom. The largest absolute Gasteiger partial charge is 0.109 e. The molecular formula is C23H47B. The first-order valence-corrected chi connectivity index (χ1v) is 11.1.